The number of hydrogen-bond acceptors (Lipinski definition) is 2. The van der Waals surface area contributed by atoms with E-state index in [4.69, 9.17) is 5.11 Å². The summed E-state index contributed by atoms with van der Waals surface area (Å²) in [4.78, 5) is 11.3. The molecule has 2 nitrogen and oxygen atoms in total. The highest BCUT2D eigenvalue weighted by Gasteiger charge is 2.28. The average molecular weight is 170 g/mol. The quantitative estimate of drug-likeness (QED) is 0.683. The van der Waals surface area contributed by atoms with E-state index in [0.29, 0.717) is 24.0 Å². The molecular weight excluding hydrogens is 152 g/mol. The van der Waals surface area contributed by atoms with Crippen molar-refractivity contribution in [3.63, 3.8) is 0 Å². The second-order valence-corrected chi connectivity index (χ2v) is 4.07. The second-order valence-electron chi connectivity index (χ2n) is 4.07. The lowest BCUT2D eigenvalue weighted by molar-refractivity contribution is -0.126. The molecule has 0 saturated heterocycles. The van der Waals surface area contributed by atoms with Crippen LogP contribution in [0.2, 0.25) is 0 Å². The molecule has 0 aromatic heterocycles. The maximum atomic E-state index is 11.3. The van der Waals surface area contributed by atoms with Gasteiger partial charge in [-0.25, -0.2) is 0 Å². The van der Waals surface area contributed by atoms with Crippen molar-refractivity contribution in [1.29, 1.82) is 0 Å². The molecule has 12 heavy (non-hydrogen) atoms. The van der Waals surface area contributed by atoms with Gasteiger partial charge in [-0.05, 0) is 24.7 Å². The van der Waals surface area contributed by atoms with Gasteiger partial charge in [0.15, 0.2) is 0 Å². The average Bonchev–Trinajstić information content (AvgIpc) is 2.08. The maximum absolute atomic E-state index is 11.3. The fraction of sp³-hybridized carbons (Fsp3) is 0.900. The minimum Gasteiger partial charge on any atom is -0.396 e. The first-order valence-corrected chi connectivity index (χ1v) is 4.78. The van der Waals surface area contributed by atoms with E-state index in [1.54, 1.807) is 0 Å². The van der Waals surface area contributed by atoms with Crippen LogP contribution in [-0.4, -0.2) is 17.5 Å². The minimum absolute atomic E-state index is 0.215. The van der Waals surface area contributed by atoms with Crippen molar-refractivity contribution < 1.29 is 9.90 Å². The van der Waals surface area contributed by atoms with Crippen molar-refractivity contribution in [2.24, 2.45) is 17.8 Å². The van der Waals surface area contributed by atoms with Crippen molar-refractivity contribution in [3.05, 3.63) is 0 Å². The molecule has 0 bridgehead atoms. The Morgan fingerprint density at radius 1 is 1.58 bits per heavy atom. The van der Waals surface area contributed by atoms with Gasteiger partial charge in [0, 0.05) is 18.9 Å². The highest BCUT2D eigenvalue weighted by molar-refractivity contribution is 5.81. The molecule has 3 atom stereocenters. The van der Waals surface area contributed by atoms with Gasteiger partial charge in [0.05, 0.1) is 0 Å². The van der Waals surface area contributed by atoms with Gasteiger partial charge in [-0.2, -0.15) is 0 Å². The predicted octanol–water partition coefficient (Wildman–Crippen LogP) is 1.62. The van der Waals surface area contributed by atoms with E-state index in [2.05, 4.69) is 0 Å². The molecule has 2 unspecified atom stereocenters. The number of carbonyl (C=O) groups excluding carboxylic acids is 1. The summed E-state index contributed by atoms with van der Waals surface area (Å²) in [5.74, 6) is 1.36. The van der Waals surface area contributed by atoms with Crippen LogP contribution in [-0.2, 0) is 4.79 Å². The zero-order valence-corrected chi connectivity index (χ0v) is 7.92. The van der Waals surface area contributed by atoms with Crippen molar-refractivity contribution in [2.75, 3.05) is 6.61 Å². The summed E-state index contributed by atoms with van der Waals surface area (Å²) in [5, 5.41) is 8.93. The van der Waals surface area contributed by atoms with Gasteiger partial charge < -0.3 is 5.11 Å². The van der Waals surface area contributed by atoms with E-state index in [9.17, 15) is 4.79 Å². The van der Waals surface area contributed by atoms with Crippen LogP contribution in [0.5, 0.6) is 0 Å². The standard InChI is InChI=1S/C10H18O2/c1-7-3-4-9(5-10(7)12)8(2)6-11/h7-9,11H,3-6H2,1-2H3/t7-,8?,9?/m0/s1. The Bertz CT molecular complexity index is 165. The van der Waals surface area contributed by atoms with Gasteiger partial charge in [-0.1, -0.05) is 13.8 Å². The van der Waals surface area contributed by atoms with E-state index in [-0.39, 0.29) is 12.5 Å². The number of carbonyl (C=O) groups is 1. The topological polar surface area (TPSA) is 37.3 Å². The lowest BCUT2D eigenvalue weighted by atomic mass is 9.76. The van der Waals surface area contributed by atoms with Gasteiger partial charge in [-0.15, -0.1) is 0 Å². The van der Waals surface area contributed by atoms with Crippen molar-refractivity contribution in [1.82, 2.24) is 0 Å². The minimum atomic E-state index is 0.215. The Labute approximate surface area is 74.0 Å². The summed E-state index contributed by atoms with van der Waals surface area (Å²) in [7, 11) is 0. The normalized spacial score (nSPS) is 33.4. The Morgan fingerprint density at radius 3 is 2.75 bits per heavy atom. The Hall–Kier alpha value is -0.370. The zero-order valence-electron chi connectivity index (χ0n) is 7.92. The largest absolute Gasteiger partial charge is 0.396 e. The molecule has 1 N–H and O–H groups in total. The van der Waals surface area contributed by atoms with E-state index < -0.39 is 0 Å². The third kappa shape index (κ3) is 2.07. The Morgan fingerprint density at radius 2 is 2.25 bits per heavy atom. The third-order valence-corrected chi connectivity index (χ3v) is 3.08. The Kier molecular flexibility index (Phi) is 3.27. The fourth-order valence-electron chi connectivity index (χ4n) is 1.82. The summed E-state index contributed by atoms with van der Waals surface area (Å²) in [6, 6.07) is 0. The lowest BCUT2D eigenvalue weighted by Gasteiger charge is -2.28. The summed E-state index contributed by atoms with van der Waals surface area (Å²) in [6.45, 7) is 4.24. The van der Waals surface area contributed by atoms with Crippen LogP contribution >= 0.6 is 0 Å². The first kappa shape index (κ1) is 9.72. The van der Waals surface area contributed by atoms with Crippen molar-refractivity contribution in [2.45, 2.75) is 33.1 Å². The fourth-order valence-corrected chi connectivity index (χ4v) is 1.82. The van der Waals surface area contributed by atoms with Gasteiger partial charge in [0.1, 0.15) is 5.78 Å². The molecule has 1 aliphatic rings. The molecule has 1 fully saturated rings. The number of Topliss-reactive ketones (excluding diaryl/α,β-unsaturated/α-hetero) is 1. The van der Waals surface area contributed by atoms with E-state index in [1.165, 1.54) is 0 Å². The predicted molar refractivity (Wildman–Crippen MR) is 47.8 cm³/mol. The lowest BCUT2D eigenvalue weighted by Crippen LogP contribution is -2.27. The molecule has 1 saturated carbocycles. The molecule has 0 spiro atoms. The first-order chi connectivity index (χ1) is 5.65. The second kappa shape index (κ2) is 4.04. The molecule has 0 aromatic rings. The first-order valence-electron chi connectivity index (χ1n) is 4.78. The summed E-state index contributed by atoms with van der Waals surface area (Å²) in [6.07, 6.45) is 2.80. The van der Waals surface area contributed by atoms with E-state index in [0.717, 1.165) is 12.8 Å². The van der Waals surface area contributed by atoms with Gasteiger partial charge in [0.2, 0.25) is 0 Å². The maximum Gasteiger partial charge on any atom is 0.135 e. The molecule has 2 heteroatoms. The van der Waals surface area contributed by atoms with Crippen molar-refractivity contribution >= 4 is 5.78 Å². The van der Waals surface area contributed by atoms with Crippen LogP contribution in [0.4, 0.5) is 0 Å². The van der Waals surface area contributed by atoms with Gasteiger partial charge in [-0.3, -0.25) is 4.79 Å². The van der Waals surface area contributed by atoms with Gasteiger partial charge in [0.25, 0.3) is 0 Å². The number of aliphatic hydroxyl groups excluding tert-OH is 1. The van der Waals surface area contributed by atoms with Gasteiger partial charge >= 0.3 is 0 Å². The summed E-state index contributed by atoms with van der Waals surface area (Å²) < 4.78 is 0. The SMILES string of the molecule is CC(CO)C1CC[C@H](C)C(=O)C1. The molecule has 0 amide bonds. The molecule has 0 aliphatic heterocycles. The molecule has 1 aliphatic carbocycles. The number of hydrogen-bond donors (Lipinski definition) is 1. The van der Waals surface area contributed by atoms with Crippen LogP contribution in [0.1, 0.15) is 33.1 Å². The molecular formula is C10H18O2. The molecule has 0 radical (unpaired) electrons. The zero-order chi connectivity index (χ0) is 9.14. The third-order valence-electron chi connectivity index (χ3n) is 3.08. The number of rotatable bonds is 2. The highest BCUT2D eigenvalue weighted by atomic mass is 16.3. The van der Waals surface area contributed by atoms with E-state index in [1.807, 2.05) is 13.8 Å². The highest BCUT2D eigenvalue weighted by Crippen LogP contribution is 2.30. The van der Waals surface area contributed by atoms with Crippen LogP contribution in [0.3, 0.4) is 0 Å². The smallest absolute Gasteiger partial charge is 0.135 e. The monoisotopic (exact) mass is 170 g/mol. The molecule has 70 valence electrons. The van der Waals surface area contributed by atoms with Crippen LogP contribution < -0.4 is 0 Å². The van der Waals surface area contributed by atoms with Crippen LogP contribution in [0.15, 0.2) is 0 Å². The molecule has 0 aromatic carbocycles. The summed E-state index contributed by atoms with van der Waals surface area (Å²) >= 11 is 0. The van der Waals surface area contributed by atoms with Crippen LogP contribution in [0, 0.1) is 17.8 Å². The molecule has 1 rings (SSSR count). The Balaban J connectivity index is 2.45. The van der Waals surface area contributed by atoms with Crippen molar-refractivity contribution in [3.8, 4) is 0 Å². The number of aliphatic hydroxyl groups is 1. The van der Waals surface area contributed by atoms with Crippen LogP contribution in [0.25, 0.3) is 0 Å². The van der Waals surface area contributed by atoms with E-state index >= 15 is 0 Å². The number of ketones is 1. The molecule has 0 heterocycles. The summed E-state index contributed by atoms with van der Waals surface area (Å²) in [5.41, 5.74) is 0.